The molecule has 0 saturated carbocycles. The van der Waals surface area contributed by atoms with Gasteiger partial charge < -0.3 is 9.88 Å². The van der Waals surface area contributed by atoms with E-state index < -0.39 is 0 Å². The highest BCUT2D eigenvalue weighted by atomic mass is 35.5. The Balaban J connectivity index is 1.84. The van der Waals surface area contributed by atoms with Crippen LogP contribution >= 0.6 is 11.6 Å². The largest absolute Gasteiger partial charge is 0.320 e. The smallest absolute Gasteiger partial charge is 0.261 e. The van der Waals surface area contributed by atoms with Gasteiger partial charge in [0, 0.05) is 12.4 Å². The molecular formula is C23H21ClN4O. The number of aromatic nitrogens is 3. The van der Waals surface area contributed by atoms with Gasteiger partial charge >= 0.3 is 0 Å². The monoisotopic (exact) mass is 404 g/mol. The van der Waals surface area contributed by atoms with E-state index in [1.807, 2.05) is 92.3 Å². The van der Waals surface area contributed by atoms with E-state index in [4.69, 9.17) is 11.6 Å². The van der Waals surface area contributed by atoms with Crippen LogP contribution in [0.1, 0.15) is 27.2 Å². The molecule has 4 rings (SSSR count). The molecule has 4 aromatic rings. The molecule has 0 saturated heterocycles. The number of hydrogen-bond donors (Lipinski definition) is 1. The van der Waals surface area contributed by atoms with E-state index in [0.29, 0.717) is 27.8 Å². The second-order valence-electron chi connectivity index (χ2n) is 7.06. The molecule has 146 valence electrons. The average Bonchev–Trinajstić information content (AvgIpc) is 3.31. The predicted octanol–water partition coefficient (Wildman–Crippen LogP) is 5.49. The number of amides is 1. The molecule has 2 aromatic carbocycles. The number of carbonyl (C=O) groups excluding carboxylic acids is 1. The van der Waals surface area contributed by atoms with Gasteiger partial charge in [-0.2, -0.15) is 5.10 Å². The van der Waals surface area contributed by atoms with Crippen molar-refractivity contribution < 1.29 is 4.79 Å². The summed E-state index contributed by atoms with van der Waals surface area (Å²) in [5.41, 5.74) is 4.75. The molecule has 2 aromatic heterocycles. The second kappa shape index (κ2) is 7.60. The summed E-state index contributed by atoms with van der Waals surface area (Å²) in [7, 11) is 0. The Morgan fingerprint density at radius 1 is 0.966 bits per heavy atom. The first-order chi connectivity index (χ1) is 13.9. The third-order valence-corrected chi connectivity index (χ3v) is 5.04. The number of halogens is 1. The maximum atomic E-state index is 13.3. The van der Waals surface area contributed by atoms with E-state index in [9.17, 15) is 4.79 Å². The van der Waals surface area contributed by atoms with Crippen molar-refractivity contribution in [1.82, 2.24) is 14.3 Å². The van der Waals surface area contributed by atoms with Gasteiger partial charge in [-0.15, -0.1) is 0 Å². The van der Waals surface area contributed by atoms with Gasteiger partial charge in [-0.3, -0.25) is 4.79 Å². The summed E-state index contributed by atoms with van der Waals surface area (Å²) < 4.78 is 3.70. The fourth-order valence-electron chi connectivity index (χ4n) is 3.34. The molecule has 0 aliphatic rings. The number of benzene rings is 2. The highest BCUT2D eigenvalue weighted by molar-refractivity contribution is 6.34. The number of carbonyl (C=O) groups is 1. The van der Waals surface area contributed by atoms with E-state index in [1.165, 1.54) is 0 Å². The van der Waals surface area contributed by atoms with Gasteiger partial charge in [0.15, 0.2) is 5.82 Å². The molecule has 2 heterocycles. The van der Waals surface area contributed by atoms with Crippen LogP contribution in [0.3, 0.4) is 0 Å². The number of anilines is 1. The first kappa shape index (κ1) is 19.0. The molecule has 0 bridgehead atoms. The number of rotatable bonds is 4. The lowest BCUT2D eigenvalue weighted by Gasteiger charge is -2.12. The molecule has 1 N–H and O–H groups in total. The summed E-state index contributed by atoms with van der Waals surface area (Å²) in [5.74, 6) is 0.426. The lowest BCUT2D eigenvalue weighted by atomic mass is 10.2. The van der Waals surface area contributed by atoms with Crippen LogP contribution in [0.4, 0.5) is 5.69 Å². The Kier molecular flexibility index (Phi) is 4.99. The molecule has 0 atom stereocenters. The highest BCUT2D eigenvalue weighted by Crippen LogP contribution is 2.27. The van der Waals surface area contributed by atoms with Gasteiger partial charge in [-0.05, 0) is 68.3 Å². The summed E-state index contributed by atoms with van der Waals surface area (Å²) in [6, 6.07) is 17.4. The zero-order valence-corrected chi connectivity index (χ0v) is 17.2. The molecule has 1 amide bonds. The van der Waals surface area contributed by atoms with Crippen molar-refractivity contribution in [1.29, 1.82) is 0 Å². The number of nitrogens with zero attached hydrogens (tertiary/aromatic N) is 3. The fourth-order valence-corrected chi connectivity index (χ4v) is 3.62. The molecule has 0 aliphatic heterocycles. The van der Waals surface area contributed by atoms with Crippen molar-refractivity contribution in [3.05, 3.63) is 94.4 Å². The zero-order valence-electron chi connectivity index (χ0n) is 16.5. The molecular weight excluding hydrogens is 384 g/mol. The Bertz CT molecular complexity index is 1190. The van der Waals surface area contributed by atoms with Crippen LogP contribution in [0.5, 0.6) is 0 Å². The summed E-state index contributed by atoms with van der Waals surface area (Å²) in [4.78, 5) is 13.3. The van der Waals surface area contributed by atoms with Crippen molar-refractivity contribution in [3.63, 3.8) is 0 Å². The second-order valence-corrected chi connectivity index (χ2v) is 7.47. The third-order valence-electron chi connectivity index (χ3n) is 4.73. The van der Waals surface area contributed by atoms with Crippen LogP contribution in [0.15, 0.2) is 67.0 Å². The topological polar surface area (TPSA) is 51.9 Å². The van der Waals surface area contributed by atoms with E-state index >= 15 is 0 Å². The van der Waals surface area contributed by atoms with Crippen LogP contribution in [-0.4, -0.2) is 20.3 Å². The first-order valence-corrected chi connectivity index (χ1v) is 9.69. The summed E-state index contributed by atoms with van der Waals surface area (Å²) in [6.07, 6.45) is 3.80. The summed E-state index contributed by atoms with van der Waals surface area (Å²) in [5, 5.41) is 8.12. The molecule has 0 radical (unpaired) electrons. The maximum absolute atomic E-state index is 13.3. The van der Waals surface area contributed by atoms with Gasteiger partial charge in [0.1, 0.15) is 5.56 Å². The number of nitrogens with one attached hydrogen (secondary N) is 1. The van der Waals surface area contributed by atoms with E-state index in [2.05, 4.69) is 10.4 Å². The molecule has 29 heavy (non-hydrogen) atoms. The van der Waals surface area contributed by atoms with Gasteiger partial charge in [0.2, 0.25) is 0 Å². The van der Waals surface area contributed by atoms with Crippen molar-refractivity contribution in [3.8, 4) is 11.5 Å². The van der Waals surface area contributed by atoms with E-state index in [-0.39, 0.29) is 5.91 Å². The lowest BCUT2D eigenvalue weighted by Crippen LogP contribution is -2.16. The van der Waals surface area contributed by atoms with Crippen molar-refractivity contribution >= 4 is 23.2 Å². The molecule has 0 aliphatic carbocycles. The van der Waals surface area contributed by atoms with Crippen LogP contribution in [0.2, 0.25) is 5.02 Å². The lowest BCUT2D eigenvalue weighted by molar-refractivity contribution is 0.102. The minimum atomic E-state index is -0.254. The average molecular weight is 405 g/mol. The van der Waals surface area contributed by atoms with Crippen LogP contribution < -0.4 is 5.32 Å². The number of hydrogen-bond acceptors (Lipinski definition) is 2. The maximum Gasteiger partial charge on any atom is 0.261 e. The summed E-state index contributed by atoms with van der Waals surface area (Å²) in [6.45, 7) is 5.82. The third kappa shape index (κ3) is 3.69. The van der Waals surface area contributed by atoms with Gasteiger partial charge in [0.25, 0.3) is 5.91 Å². The van der Waals surface area contributed by atoms with Gasteiger partial charge in [-0.1, -0.05) is 29.8 Å². The van der Waals surface area contributed by atoms with Crippen LogP contribution in [0.25, 0.3) is 11.5 Å². The minimum Gasteiger partial charge on any atom is -0.320 e. The van der Waals surface area contributed by atoms with Crippen LogP contribution in [-0.2, 0) is 0 Å². The minimum absolute atomic E-state index is 0.254. The fraction of sp³-hybridized carbons (Fsp3) is 0.130. The van der Waals surface area contributed by atoms with Crippen molar-refractivity contribution in [2.75, 3.05) is 5.32 Å². The standard InChI is InChI=1S/C23H21ClN4O/c1-15-7-6-8-18(13-15)28-23(27-11-4-5-12-27)21(17(3)26-28)22(29)25-20-10-9-16(2)14-19(20)24/h4-14H,1-3H3,(H,25,29). The van der Waals surface area contributed by atoms with E-state index in [1.54, 1.807) is 4.68 Å². The first-order valence-electron chi connectivity index (χ1n) is 9.31. The Labute approximate surface area is 174 Å². The van der Waals surface area contributed by atoms with Gasteiger partial charge in [0.05, 0.1) is 22.1 Å². The number of aryl methyl sites for hydroxylation is 3. The molecule has 6 heteroatoms. The summed E-state index contributed by atoms with van der Waals surface area (Å²) >= 11 is 6.32. The van der Waals surface area contributed by atoms with Crippen molar-refractivity contribution in [2.24, 2.45) is 0 Å². The molecule has 5 nitrogen and oxygen atoms in total. The zero-order chi connectivity index (χ0) is 20.5. The SMILES string of the molecule is Cc1cccc(-n2nc(C)c(C(=O)Nc3ccc(C)cc3Cl)c2-n2cccc2)c1. The Morgan fingerprint density at radius 3 is 2.38 bits per heavy atom. The van der Waals surface area contributed by atoms with E-state index in [0.717, 1.165) is 16.8 Å². The molecule has 0 fully saturated rings. The highest BCUT2D eigenvalue weighted by Gasteiger charge is 2.24. The molecule has 0 spiro atoms. The van der Waals surface area contributed by atoms with Gasteiger partial charge in [-0.25, -0.2) is 4.68 Å². The van der Waals surface area contributed by atoms with Crippen molar-refractivity contribution in [2.45, 2.75) is 20.8 Å². The molecule has 0 unspecified atom stereocenters. The predicted molar refractivity (Wildman–Crippen MR) is 117 cm³/mol. The Morgan fingerprint density at radius 2 is 1.69 bits per heavy atom. The van der Waals surface area contributed by atoms with Crippen LogP contribution in [0, 0.1) is 20.8 Å². The Hall–Kier alpha value is -3.31. The normalized spacial score (nSPS) is 10.9. The quantitative estimate of drug-likeness (QED) is 0.488.